The van der Waals surface area contributed by atoms with Gasteiger partial charge in [-0.05, 0) is 18.2 Å². The summed E-state index contributed by atoms with van der Waals surface area (Å²) < 4.78 is 25.3. The Morgan fingerprint density at radius 3 is 2.57 bits per heavy atom. The molecule has 0 spiro atoms. The first-order chi connectivity index (χ1) is 9.76. The van der Waals surface area contributed by atoms with E-state index < -0.39 is 10.0 Å². The van der Waals surface area contributed by atoms with E-state index in [2.05, 4.69) is 10.0 Å². The van der Waals surface area contributed by atoms with E-state index >= 15 is 0 Å². The van der Waals surface area contributed by atoms with Gasteiger partial charge in [-0.2, -0.15) is 0 Å². The quantitative estimate of drug-likeness (QED) is 0.615. The van der Waals surface area contributed by atoms with Gasteiger partial charge in [-0.3, -0.25) is 4.79 Å². The molecule has 4 N–H and O–H groups in total. The lowest BCUT2D eigenvalue weighted by atomic mass is 10.1. The Kier molecular flexibility index (Phi) is 5.98. The zero-order valence-electron chi connectivity index (χ0n) is 12.5. The van der Waals surface area contributed by atoms with Gasteiger partial charge in [0.05, 0.1) is 11.3 Å². The second-order valence-electron chi connectivity index (χ2n) is 4.74. The summed E-state index contributed by atoms with van der Waals surface area (Å²) in [4.78, 5) is 14.0. The first-order valence-electron chi connectivity index (χ1n) is 6.59. The zero-order valence-corrected chi connectivity index (χ0v) is 13.3. The van der Waals surface area contributed by atoms with Crippen molar-refractivity contribution in [1.82, 2.24) is 10.0 Å². The van der Waals surface area contributed by atoms with Crippen LogP contribution in [-0.2, 0) is 10.0 Å². The van der Waals surface area contributed by atoms with Gasteiger partial charge in [0.15, 0.2) is 0 Å². The fourth-order valence-corrected chi connectivity index (χ4v) is 2.77. The molecular weight excluding hydrogens is 292 g/mol. The lowest BCUT2D eigenvalue weighted by molar-refractivity contribution is 0.0956. The van der Waals surface area contributed by atoms with Crippen LogP contribution in [0.4, 0.5) is 11.4 Å². The van der Waals surface area contributed by atoms with E-state index in [1.807, 2.05) is 14.1 Å². The number of anilines is 2. The zero-order chi connectivity index (χ0) is 16.0. The predicted octanol–water partition coefficient (Wildman–Crippen LogP) is 0.00390. The molecule has 21 heavy (non-hydrogen) atoms. The van der Waals surface area contributed by atoms with Gasteiger partial charge in [0, 0.05) is 38.6 Å². The highest BCUT2D eigenvalue weighted by Crippen LogP contribution is 2.21. The number of hydrogen-bond acceptors (Lipinski definition) is 5. The third kappa shape index (κ3) is 5.24. The average molecular weight is 314 g/mol. The molecule has 1 amide bonds. The van der Waals surface area contributed by atoms with Gasteiger partial charge < -0.3 is 16.0 Å². The normalized spacial score (nSPS) is 11.2. The van der Waals surface area contributed by atoms with Crippen molar-refractivity contribution in [3.05, 3.63) is 23.8 Å². The summed E-state index contributed by atoms with van der Waals surface area (Å²) in [5.41, 5.74) is 7.31. The highest BCUT2D eigenvalue weighted by atomic mass is 32.2. The average Bonchev–Trinajstić information content (AvgIpc) is 2.37. The minimum atomic E-state index is -3.34. The summed E-state index contributed by atoms with van der Waals surface area (Å²) in [6.07, 6.45) is 0. The summed E-state index contributed by atoms with van der Waals surface area (Å²) in [5.74, 6) is -0.510. The Hall–Kier alpha value is -1.80. The number of nitrogens with one attached hydrogen (secondary N) is 2. The summed E-state index contributed by atoms with van der Waals surface area (Å²) in [6.45, 7) is 2.07. The van der Waals surface area contributed by atoms with E-state index in [4.69, 9.17) is 5.73 Å². The van der Waals surface area contributed by atoms with E-state index in [9.17, 15) is 13.2 Å². The summed E-state index contributed by atoms with van der Waals surface area (Å²) in [7, 11) is 0.291. The predicted molar refractivity (Wildman–Crippen MR) is 85.0 cm³/mol. The van der Waals surface area contributed by atoms with Crippen LogP contribution in [0, 0.1) is 0 Å². The SMILES string of the molecule is CCNS(=O)(=O)CCNC(=O)c1cc(N)ccc1N(C)C. The van der Waals surface area contributed by atoms with Crippen molar-refractivity contribution in [3.63, 3.8) is 0 Å². The van der Waals surface area contributed by atoms with Crippen LogP contribution in [0.5, 0.6) is 0 Å². The Balaban J connectivity index is 2.75. The molecule has 0 aliphatic carbocycles. The summed E-state index contributed by atoms with van der Waals surface area (Å²) in [5, 5.41) is 2.60. The van der Waals surface area contributed by atoms with Crippen LogP contribution >= 0.6 is 0 Å². The smallest absolute Gasteiger partial charge is 0.253 e. The molecule has 0 unspecified atom stereocenters. The maximum Gasteiger partial charge on any atom is 0.253 e. The minimum Gasteiger partial charge on any atom is -0.399 e. The number of rotatable bonds is 7. The van der Waals surface area contributed by atoms with Gasteiger partial charge in [0.1, 0.15) is 0 Å². The third-order valence-electron chi connectivity index (χ3n) is 2.77. The molecule has 0 bridgehead atoms. The molecule has 1 aromatic rings. The van der Waals surface area contributed by atoms with Crippen molar-refractivity contribution >= 4 is 27.3 Å². The number of nitrogens with two attached hydrogens (primary N) is 1. The molecule has 1 aromatic carbocycles. The second-order valence-corrected chi connectivity index (χ2v) is 6.67. The van der Waals surface area contributed by atoms with E-state index in [1.54, 1.807) is 30.0 Å². The van der Waals surface area contributed by atoms with Gasteiger partial charge in [-0.1, -0.05) is 6.92 Å². The van der Waals surface area contributed by atoms with Crippen LogP contribution in [0.1, 0.15) is 17.3 Å². The lowest BCUT2D eigenvalue weighted by Crippen LogP contribution is -2.34. The molecule has 0 heterocycles. The largest absolute Gasteiger partial charge is 0.399 e. The maximum atomic E-state index is 12.2. The Bertz CT molecular complexity index is 599. The van der Waals surface area contributed by atoms with Gasteiger partial charge >= 0.3 is 0 Å². The van der Waals surface area contributed by atoms with Crippen molar-refractivity contribution in [2.24, 2.45) is 0 Å². The standard InChI is InChI=1S/C13H22N4O3S/c1-4-16-21(19,20)8-7-15-13(18)11-9-10(14)5-6-12(11)17(2)3/h5-6,9,16H,4,7-8,14H2,1-3H3,(H,15,18). The van der Waals surface area contributed by atoms with Gasteiger partial charge in [-0.15, -0.1) is 0 Å². The third-order valence-corrected chi connectivity index (χ3v) is 4.24. The maximum absolute atomic E-state index is 12.2. The van der Waals surface area contributed by atoms with Gasteiger partial charge in [0.2, 0.25) is 10.0 Å². The highest BCUT2D eigenvalue weighted by Gasteiger charge is 2.14. The Morgan fingerprint density at radius 2 is 2.00 bits per heavy atom. The monoisotopic (exact) mass is 314 g/mol. The van der Waals surface area contributed by atoms with Crippen molar-refractivity contribution in [2.45, 2.75) is 6.92 Å². The van der Waals surface area contributed by atoms with Crippen molar-refractivity contribution in [2.75, 3.05) is 43.6 Å². The number of carbonyl (C=O) groups excluding carboxylic acids is 1. The highest BCUT2D eigenvalue weighted by molar-refractivity contribution is 7.89. The van der Waals surface area contributed by atoms with Crippen LogP contribution in [0.25, 0.3) is 0 Å². The molecule has 0 aliphatic heterocycles. The Morgan fingerprint density at radius 1 is 1.33 bits per heavy atom. The molecule has 8 heteroatoms. The first kappa shape index (κ1) is 17.3. The van der Waals surface area contributed by atoms with E-state index in [0.29, 0.717) is 17.8 Å². The number of hydrogen-bond donors (Lipinski definition) is 3. The van der Waals surface area contributed by atoms with Gasteiger partial charge in [-0.25, -0.2) is 13.1 Å². The molecule has 1 rings (SSSR count). The molecule has 0 fully saturated rings. The lowest BCUT2D eigenvalue weighted by Gasteiger charge is -2.17. The minimum absolute atomic E-state index is 0.0375. The molecule has 0 aromatic heterocycles. The molecule has 0 atom stereocenters. The topological polar surface area (TPSA) is 105 Å². The van der Waals surface area contributed by atoms with Crippen LogP contribution in [-0.4, -0.2) is 47.3 Å². The number of carbonyl (C=O) groups is 1. The van der Waals surface area contributed by atoms with E-state index in [0.717, 1.165) is 5.69 Å². The number of benzene rings is 1. The first-order valence-corrected chi connectivity index (χ1v) is 8.24. The van der Waals surface area contributed by atoms with Crippen molar-refractivity contribution in [3.8, 4) is 0 Å². The molecular formula is C13H22N4O3S. The Labute approximate surface area is 125 Å². The fourth-order valence-electron chi connectivity index (χ4n) is 1.81. The fraction of sp³-hybridized carbons (Fsp3) is 0.462. The van der Waals surface area contributed by atoms with Crippen LogP contribution in [0.3, 0.4) is 0 Å². The number of sulfonamides is 1. The van der Waals surface area contributed by atoms with Crippen LogP contribution < -0.4 is 20.7 Å². The van der Waals surface area contributed by atoms with Crippen molar-refractivity contribution in [1.29, 1.82) is 0 Å². The van der Waals surface area contributed by atoms with Gasteiger partial charge in [0.25, 0.3) is 5.91 Å². The molecule has 0 saturated carbocycles. The number of amides is 1. The molecule has 118 valence electrons. The molecule has 0 aliphatic rings. The molecule has 0 saturated heterocycles. The molecule has 0 radical (unpaired) electrons. The van der Waals surface area contributed by atoms with Crippen molar-refractivity contribution < 1.29 is 13.2 Å². The van der Waals surface area contributed by atoms with E-state index in [1.165, 1.54) is 0 Å². The van der Waals surface area contributed by atoms with Crippen LogP contribution in [0.15, 0.2) is 18.2 Å². The van der Waals surface area contributed by atoms with Crippen LogP contribution in [0.2, 0.25) is 0 Å². The number of nitrogen functional groups attached to an aromatic ring is 1. The second kappa shape index (κ2) is 7.28. The molecule has 7 nitrogen and oxygen atoms in total. The van der Waals surface area contributed by atoms with E-state index in [-0.39, 0.29) is 18.2 Å². The number of nitrogens with zero attached hydrogens (tertiary/aromatic N) is 1. The summed E-state index contributed by atoms with van der Waals surface area (Å²) in [6, 6.07) is 5.03. The summed E-state index contributed by atoms with van der Waals surface area (Å²) >= 11 is 0.